The first kappa shape index (κ1) is 27.8. The van der Waals surface area contributed by atoms with Gasteiger partial charge in [-0.1, -0.05) is 35.3 Å². The van der Waals surface area contributed by atoms with Crippen LogP contribution in [0, 0.1) is 0 Å². The van der Waals surface area contributed by atoms with Crippen LogP contribution in [0.25, 0.3) is 0 Å². The second-order valence-electron chi connectivity index (χ2n) is 7.53. The van der Waals surface area contributed by atoms with Crippen molar-refractivity contribution < 1.29 is 32.2 Å². The Balaban J connectivity index is 1.65. The van der Waals surface area contributed by atoms with Gasteiger partial charge in [-0.15, -0.1) is 0 Å². The second kappa shape index (κ2) is 12.0. The zero-order valence-electron chi connectivity index (χ0n) is 19.5. The number of benzene rings is 3. The summed E-state index contributed by atoms with van der Waals surface area (Å²) in [6, 6.07) is 13.9. The van der Waals surface area contributed by atoms with Gasteiger partial charge in [-0.3, -0.25) is 9.59 Å². The molecule has 0 bridgehead atoms. The summed E-state index contributed by atoms with van der Waals surface area (Å²) < 4.78 is 49.7. The SMILES string of the molecule is COc1cc(C(C)=NNC(=O)C(=O)Nc2cccc(C(F)(F)F)c2)ccc1OCc1c(Cl)cccc1Cl. The fourth-order valence-electron chi connectivity index (χ4n) is 3.04. The van der Waals surface area contributed by atoms with Crippen LogP contribution in [0.3, 0.4) is 0 Å². The Kier molecular flexibility index (Phi) is 9.01. The summed E-state index contributed by atoms with van der Waals surface area (Å²) in [7, 11) is 1.45. The molecule has 0 radical (unpaired) electrons. The van der Waals surface area contributed by atoms with Crippen LogP contribution in [-0.2, 0) is 22.4 Å². The summed E-state index contributed by atoms with van der Waals surface area (Å²) in [6.45, 7) is 1.67. The van der Waals surface area contributed by atoms with E-state index in [9.17, 15) is 22.8 Å². The van der Waals surface area contributed by atoms with Crippen LogP contribution in [0.4, 0.5) is 18.9 Å². The van der Waals surface area contributed by atoms with Crippen LogP contribution in [0.2, 0.25) is 10.0 Å². The first-order valence-corrected chi connectivity index (χ1v) is 11.3. The van der Waals surface area contributed by atoms with Gasteiger partial charge in [-0.2, -0.15) is 18.3 Å². The van der Waals surface area contributed by atoms with Crippen molar-refractivity contribution in [3.05, 3.63) is 87.4 Å². The van der Waals surface area contributed by atoms with Crippen molar-refractivity contribution in [2.45, 2.75) is 19.7 Å². The van der Waals surface area contributed by atoms with Crippen molar-refractivity contribution in [1.82, 2.24) is 5.43 Å². The van der Waals surface area contributed by atoms with Gasteiger partial charge >= 0.3 is 18.0 Å². The van der Waals surface area contributed by atoms with E-state index in [1.807, 2.05) is 0 Å². The highest BCUT2D eigenvalue weighted by Gasteiger charge is 2.30. The fraction of sp³-hybridized carbons (Fsp3) is 0.160. The van der Waals surface area contributed by atoms with E-state index in [0.29, 0.717) is 38.4 Å². The molecule has 2 N–H and O–H groups in total. The van der Waals surface area contributed by atoms with Gasteiger partial charge in [0.2, 0.25) is 0 Å². The van der Waals surface area contributed by atoms with Gasteiger partial charge in [0.1, 0.15) is 6.61 Å². The molecule has 3 aromatic rings. The van der Waals surface area contributed by atoms with Crippen LogP contribution in [0.5, 0.6) is 11.5 Å². The van der Waals surface area contributed by atoms with Gasteiger partial charge in [-0.05, 0) is 55.5 Å². The first-order valence-electron chi connectivity index (χ1n) is 10.6. The third-order valence-corrected chi connectivity index (χ3v) is 5.70. The lowest BCUT2D eigenvalue weighted by Gasteiger charge is -2.14. The molecule has 3 rings (SSSR count). The molecule has 0 saturated carbocycles. The number of rotatable bonds is 7. The highest BCUT2D eigenvalue weighted by atomic mass is 35.5. The first-order chi connectivity index (χ1) is 17.5. The van der Waals surface area contributed by atoms with Gasteiger partial charge in [0.25, 0.3) is 0 Å². The van der Waals surface area contributed by atoms with Crippen molar-refractivity contribution in [1.29, 1.82) is 0 Å². The summed E-state index contributed by atoms with van der Waals surface area (Å²) in [5.74, 6) is -1.58. The van der Waals surface area contributed by atoms with Gasteiger partial charge in [-0.25, -0.2) is 5.43 Å². The maximum atomic E-state index is 12.8. The number of anilines is 1. The molecule has 0 heterocycles. The summed E-state index contributed by atoms with van der Waals surface area (Å²) in [6.07, 6.45) is -4.59. The Bertz CT molecular complexity index is 1330. The number of hydrazone groups is 1. The number of nitrogens with zero attached hydrogens (tertiary/aromatic N) is 1. The Hall–Kier alpha value is -3.76. The van der Waals surface area contributed by atoms with Crippen LogP contribution in [0.1, 0.15) is 23.6 Å². The molecule has 37 heavy (non-hydrogen) atoms. The van der Waals surface area contributed by atoms with Gasteiger partial charge in [0.05, 0.1) is 18.4 Å². The van der Waals surface area contributed by atoms with Gasteiger partial charge < -0.3 is 14.8 Å². The molecule has 0 aliphatic heterocycles. The minimum Gasteiger partial charge on any atom is -0.493 e. The van der Waals surface area contributed by atoms with Crippen molar-refractivity contribution in [2.75, 3.05) is 12.4 Å². The molecular formula is C25H20Cl2F3N3O4. The molecule has 0 aromatic heterocycles. The average molecular weight is 554 g/mol. The molecule has 12 heteroatoms. The van der Waals surface area contributed by atoms with Crippen LogP contribution in [0.15, 0.2) is 65.8 Å². The molecule has 3 aromatic carbocycles. The van der Waals surface area contributed by atoms with Gasteiger partial charge in [0, 0.05) is 26.9 Å². The van der Waals surface area contributed by atoms with E-state index in [-0.39, 0.29) is 12.3 Å². The van der Waals surface area contributed by atoms with E-state index in [0.717, 1.165) is 18.2 Å². The molecular weight excluding hydrogens is 534 g/mol. The molecule has 0 atom stereocenters. The van der Waals surface area contributed by atoms with E-state index in [1.54, 1.807) is 43.3 Å². The molecule has 0 saturated heterocycles. The molecule has 0 unspecified atom stereocenters. The number of hydrogen-bond donors (Lipinski definition) is 2. The predicted octanol–water partition coefficient (Wildman–Crippen LogP) is 6.08. The van der Waals surface area contributed by atoms with E-state index in [2.05, 4.69) is 15.8 Å². The van der Waals surface area contributed by atoms with E-state index in [4.69, 9.17) is 32.7 Å². The number of nitrogens with one attached hydrogen (secondary N) is 2. The lowest BCUT2D eigenvalue weighted by atomic mass is 10.1. The molecule has 0 aliphatic carbocycles. The van der Waals surface area contributed by atoms with E-state index < -0.39 is 23.6 Å². The van der Waals surface area contributed by atoms with Crippen molar-refractivity contribution in [3.8, 4) is 11.5 Å². The number of carbonyl (C=O) groups is 2. The topological polar surface area (TPSA) is 89.0 Å². The zero-order valence-corrected chi connectivity index (χ0v) is 21.0. The van der Waals surface area contributed by atoms with Crippen molar-refractivity contribution in [3.63, 3.8) is 0 Å². The van der Waals surface area contributed by atoms with Crippen molar-refractivity contribution in [2.24, 2.45) is 5.10 Å². The largest absolute Gasteiger partial charge is 0.493 e. The minimum absolute atomic E-state index is 0.0956. The maximum absolute atomic E-state index is 12.8. The Morgan fingerprint density at radius 2 is 1.62 bits per heavy atom. The standard InChI is InChI=1S/C25H20Cl2F3N3O4/c1-14(32-33-24(35)23(34)31-17-6-3-5-16(12-17)25(28,29)30)15-9-10-21(22(11-15)36-2)37-13-18-19(26)7-4-8-20(18)27/h3-12H,13H2,1-2H3,(H,31,34)(H,33,35). The fourth-order valence-corrected chi connectivity index (χ4v) is 3.55. The molecule has 2 amide bonds. The highest BCUT2D eigenvalue weighted by molar-refractivity contribution is 6.39. The summed E-state index contributed by atoms with van der Waals surface area (Å²) >= 11 is 12.3. The van der Waals surface area contributed by atoms with Gasteiger partial charge in [0.15, 0.2) is 11.5 Å². The number of hydrogen-bond acceptors (Lipinski definition) is 5. The highest BCUT2D eigenvalue weighted by Crippen LogP contribution is 2.32. The number of methoxy groups -OCH3 is 1. The summed E-state index contributed by atoms with van der Waals surface area (Å²) in [4.78, 5) is 24.2. The average Bonchev–Trinajstić information content (AvgIpc) is 2.86. The Morgan fingerprint density at radius 1 is 0.946 bits per heavy atom. The molecule has 7 nitrogen and oxygen atoms in total. The lowest BCUT2D eigenvalue weighted by molar-refractivity contribution is -0.137. The summed E-state index contributed by atoms with van der Waals surface area (Å²) in [5.41, 5.74) is 2.39. The predicted molar refractivity (Wildman–Crippen MR) is 134 cm³/mol. The maximum Gasteiger partial charge on any atom is 0.416 e. The number of carbonyl (C=O) groups excluding carboxylic acids is 2. The number of alkyl halides is 3. The third kappa shape index (κ3) is 7.37. The molecule has 0 fully saturated rings. The van der Waals surface area contributed by atoms with Crippen LogP contribution >= 0.6 is 23.2 Å². The van der Waals surface area contributed by atoms with Crippen LogP contribution < -0.4 is 20.2 Å². The zero-order chi connectivity index (χ0) is 27.2. The van der Waals surface area contributed by atoms with Crippen molar-refractivity contribution >= 4 is 46.4 Å². The monoisotopic (exact) mass is 553 g/mol. The van der Waals surface area contributed by atoms with E-state index >= 15 is 0 Å². The Morgan fingerprint density at radius 3 is 2.27 bits per heavy atom. The quantitative estimate of drug-likeness (QED) is 0.211. The summed E-state index contributed by atoms with van der Waals surface area (Å²) in [5, 5.41) is 6.90. The smallest absolute Gasteiger partial charge is 0.416 e. The van der Waals surface area contributed by atoms with E-state index in [1.165, 1.54) is 13.2 Å². The lowest BCUT2D eigenvalue weighted by Crippen LogP contribution is -2.33. The normalized spacial score (nSPS) is 11.6. The number of amides is 2. The number of ether oxygens (including phenoxy) is 2. The molecule has 194 valence electrons. The second-order valence-corrected chi connectivity index (χ2v) is 8.34. The third-order valence-electron chi connectivity index (χ3n) is 4.99. The minimum atomic E-state index is -4.59. The molecule has 0 aliphatic rings. The Labute approximate surface area is 220 Å². The van der Waals surface area contributed by atoms with Crippen LogP contribution in [-0.4, -0.2) is 24.6 Å². The molecule has 0 spiro atoms. The number of halogens is 5.